The second-order valence-corrected chi connectivity index (χ2v) is 5.66. The van der Waals surface area contributed by atoms with Gasteiger partial charge in [0.05, 0.1) is 17.2 Å². The third-order valence-electron chi connectivity index (χ3n) is 3.74. The van der Waals surface area contributed by atoms with Gasteiger partial charge >= 0.3 is 11.8 Å². The first-order valence-corrected chi connectivity index (χ1v) is 7.75. The van der Waals surface area contributed by atoms with Crippen molar-refractivity contribution in [3.8, 4) is 5.88 Å². The molecule has 2 aromatic carbocycles. The number of rotatable bonds is 3. The number of azo groups is 1. The summed E-state index contributed by atoms with van der Waals surface area (Å²) in [5.74, 6) is -4.23. The maximum absolute atomic E-state index is 12.0. The average molecular weight is 365 g/mol. The van der Waals surface area contributed by atoms with Crippen molar-refractivity contribution in [2.75, 3.05) is 5.32 Å². The molecule has 27 heavy (non-hydrogen) atoms. The summed E-state index contributed by atoms with van der Waals surface area (Å²) >= 11 is 0. The number of aromatic amines is 1. The van der Waals surface area contributed by atoms with E-state index in [1.54, 1.807) is 12.1 Å². The molecule has 3 aromatic rings. The van der Waals surface area contributed by atoms with E-state index in [1.807, 2.05) is 13.0 Å². The van der Waals surface area contributed by atoms with E-state index in [0.717, 1.165) is 5.56 Å². The minimum absolute atomic E-state index is 0.0185. The SMILES string of the molecule is Cc1ccc2[nH]c(O)c(N=NC(=O)C(=O)Nc3ccccc3C(=O)[O-])c2c1. The van der Waals surface area contributed by atoms with Gasteiger partial charge in [-0.3, -0.25) is 9.59 Å². The lowest BCUT2D eigenvalue weighted by Crippen LogP contribution is -2.26. The van der Waals surface area contributed by atoms with Gasteiger partial charge in [0.25, 0.3) is 0 Å². The number of amides is 2. The molecule has 1 aromatic heterocycles. The Morgan fingerprint density at radius 2 is 1.89 bits per heavy atom. The van der Waals surface area contributed by atoms with Crippen molar-refractivity contribution >= 4 is 40.1 Å². The van der Waals surface area contributed by atoms with E-state index >= 15 is 0 Å². The zero-order chi connectivity index (χ0) is 19.6. The van der Waals surface area contributed by atoms with Crippen molar-refractivity contribution in [1.82, 2.24) is 4.98 Å². The zero-order valence-electron chi connectivity index (χ0n) is 14.0. The molecule has 0 unspecified atom stereocenters. The van der Waals surface area contributed by atoms with E-state index in [-0.39, 0.29) is 22.8 Å². The molecule has 0 aliphatic heterocycles. The van der Waals surface area contributed by atoms with Gasteiger partial charge < -0.3 is 25.3 Å². The van der Waals surface area contributed by atoms with Crippen molar-refractivity contribution < 1.29 is 24.6 Å². The second-order valence-electron chi connectivity index (χ2n) is 5.66. The van der Waals surface area contributed by atoms with E-state index in [4.69, 9.17) is 0 Å². The first-order chi connectivity index (χ1) is 12.9. The standard InChI is InChI=1S/C18H14N4O5/c1-9-6-7-13-11(8-9)14(15(23)19-13)21-22-17(25)16(24)20-12-5-3-2-4-10(12)18(26)27/h2-8,19,23H,1H3,(H,20,24)(H,26,27)/p-1. The highest BCUT2D eigenvalue weighted by Gasteiger charge is 2.17. The van der Waals surface area contributed by atoms with E-state index in [0.29, 0.717) is 10.9 Å². The summed E-state index contributed by atoms with van der Waals surface area (Å²) in [5, 5.41) is 30.6. The first kappa shape index (κ1) is 17.8. The number of fused-ring (bicyclic) bond motifs is 1. The number of carbonyl (C=O) groups is 3. The van der Waals surface area contributed by atoms with Crippen LogP contribution in [0, 0.1) is 6.92 Å². The number of aromatic nitrogens is 1. The number of para-hydroxylation sites is 1. The number of anilines is 1. The van der Waals surface area contributed by atoms with Crippen LogP contribution in [0.4, 0.5) is 11.4 Å². The van der Waals surface area contributed by atoms with Crippen LogP contribution in [0.2, 0.25) is 0 Å². The predicted molar refractivity (Wildman–Crippen MR) is 93.6 cm³/mol. The summed E-state index contributed by atoms with van der Waals surface area (Å²) in [5.41, 5.74) is 1.13. The molecule has 0 fully saturated rings. The Kier molecular flexibility index (Phi) is 4.67. The molecule has 9 nitrogen and oxygen atoms in total. The zero-order valence-corrected chi connectivity index (χ0v) is 14.0. The van der Waals surface area contributed by atoms with E-state index in [1.165, 1.54) is 24.3 Å². The molecular formula is C18H13N4O5-. The molecule has 0 atom stereocenters. The number of carboxylic acid groups (broad SMARTS) is 1. The number of H-pyrrole nitrogens is 1. The molecule has 1 heterocycles. The lowest BCUT2D eigenvalue weighted by Gasteiger charge is -2.09. The monoisotopic (exact) mass is 365 g/mol. The molecule has 9 heteroatoms. The number of carboxylic acids is 1. The van der Waals surface area contributed by atoms with Crippen LogP contribution >= 0.6 is 0 Å². The average Bonchev–Trinajstić information content (AvgIpc) is 2.94. The molecule has 3 N–H and O–H groups in total. The fourth-order valence-corrected chi connectivity index (χ4v) is 2.47. The van der Waals surface area contributed by atoms with Crippen LogP contribution in [0.25, 0.3) is 10.9 Å². The van der Waals surface area contributed by atoms with Gasteiger partial charge in [0.2, 0.25) is 5.88 Å². The van der Waals surface area contributed by atoms with Crippen molar-refractivity contribution in [2.45, 2.75) is 6.92 Å². The van der Waals surface area contributed by atoms with E-state index in [2.05, 4.69) is 20.5 Å². The number of hydrogen-bond acceptors (Lipinski definition) is 6. The minimum atomic E-state index is -1.50. The number of aromatic hydroxyl groups is 1. The van der Waals surface area contributed by atoms with Gasteiger partial charge in [-0.1, -0.05) is 29.8 Å². The van der Waals surface area contributed by atoms with Crippen LogP contribution in [0.3, 0.4) is 0 Å². The minimum Gasteiger partial charge on any atom is -0.545 e. The van der Waals surface area contributed by atoms with Crippen LogP contribution in [0.1, 0.15) is 15.9 Å². The Labute approximate surface area is 152 Å². The Morgan fingerprint density at radius 1 is 1.15 bits per heavy atom. The number of aromatic carboxylic acids is 1. The largest absolute Gasteiger partial charge is 0.545 e. The maximum atomic E-state index is 12.0. The van der Waals surface area contributed by atoms with Gasteiger partial charge in [-0.25, -0.2) is 0 Å². The quantitative estimate of drug-likeness (QED) is 0.478. The number of nitrogens with one attached hydrogen (secondary N) is 2. The molecule has 0 radical (unpaired) electrons. The molecule has 2 amide bonds. The molecule has 0 aliphatic rings. The number of aryl methyl sites for hydroxylation is 1. The number of nitrogens with zero attached hydrogens (tertiary/aromatic N) is 2. The summed E-state index contributed by atoms with van der Waals surface area (Å²) in [6, 6.07) is 10.8. The number of hydrogen-bond donors (Lipinski definition) is 3. The maximum Gasteiger partial charge on any atom is 0.353 e. The van der Waals surface area contributed by atoms with E-state index in [9.17, 15) is 24.6 Å². The molecule has 0 saturated heterocycles. The third kappa shape index (κ3) is 3.66. The van der Waals surface area contributed by atoms with Crippen molar-refractivity contribution in [3.05, 3.63) is 53.6 Å². The Morgan fingerprint density at radius 3 is 2.63 bits per heavy atom. The summed E-state index contributed by atoms with van der Waals surface area (Å²) in [6.45, 7) is 1.85. The highest BCUT2D eigenvalue weighted by molar-refractivity contribution is 6.40. The van der Waals surface area contributed by atoms with Crippen LogP contribution in [0.15, 0.2) is 52.7 Å². The summed E-state index contributed by atoms with van der Waals surface area (Å²) in [7, 11) is 0. The van der Waals surface area contributed by atoms with Gasteiger partial charge in [0.1, 0.15) is 0 Å². The number of benzene rings is 2. The summed E-state index contributed by atoms with van der Waals surface area (Å²) in [6.07, 6.45) is 0. The van der Waals surface area contributed by atoms with Gasteiger partial charge in [0.15, 0.2) is 5.69 Å². The molecule has 0 spiro atoms. The van der Waals surface area contributed by atoms with Gasteiger partial charge in [-0.05, 0) is 25.1 Å². The lowest BCUT2D eigenvalue weighted by molar-refractivity contribution is -0.254. The van der Waals surface area contributed by atoms with E-state index < -0.39 is 17.8 Å². The topological polar surface area (TPSA) is 147 Å². The lowest BCUT2D eigenvalue weighted by atomic mass is 10.1. The number of carbonyl (C=O) groups excluding carboxylic acids is 3. The molecule has 136 valence electrons. The van der Waals surface area contributed by atoms with Crippen molar-refractivity contribution in [2.24, 2.45) is 10.2 Å². The molecular weight excluding hydrogens is 352 g/mol. The van der Waals surface area contributed by atoms with Gasteiger partial charge in [-0.2, -0.15) is 0 Å². The van der Waals surface area contributed by atoms with Crippen LogP contribution in [-0.4, -0.2) is 27.9 Å². The fraction of sp³-hybridized carbons (Fsp3) is 0.0556. The highest BCUT2D eigenvalue weighted by Crippen LogP contribution is 2.35. The summed E-state index contributed by atoms with van der Waals surface area (Å²) < 4.78 is 0. The van der Waals surface area contributed by atoms with Crippen molar-refractivity contribution in [1.29, 1.82) is 0 Å². The summed E-state index contributed by atoms with van der Waals surface area (Å²) in [4.78, 5) is 37.6. The highest BCUT2D eigenvalue weighted by atomic mass is 16.4. The predicted octanol–water partition coefficient (Wildman–Crippen LogP) is 1.79. The Hall–Kier alpha value is -4.01. The Balaban J connectivity index is 1.82. The first-order valence-electron chi connectivity index (χ1n) is 7.75. The molecule has 0 saturated carbocycles. The Bertz CT molecular complexity index is 1100. The second kappa shape index (κ2) is 7.08. The third-order valence-corrected chi connectivity index (χ3v) is 3.74. The van der Waals surface area contributed by atoms with Crippen molar-refractivity contribution in [3.63, 3.8) is 0 Å². The van der Waals surface area contributed by atoms with Crippen LogP contribution in [-0.2, 0) is 9.59 Å². The fourth-order valence-electron chi connectivity index (χ4n) is 2.47. The molecule has 0 bridgehead atoms. The van der Waals surface area contributed by atoms with Crippen LogP contribution < -0.4 is 10.4 Å². The van der Waals surface area contributed by atoms with Crippen LogP contribution in [0.5, 0.6) is 5.88 Å². The van der Waals surface area contributed by atoms with Gasteiger partial charge in [-0.15, -0.1) is 10.2 Å². The molecule has 0 aliphatic carbocycles. The van der Waals surface area contributed by atoms with Gasteiger partial charge in [0, 0.05) is 10.9 Å². The normalized spacial score (nSPS) is 11.0. The molecule has 3 rings (SSSR count). The smallest absolute Gasteiger partial charge is 0.353 e.